The molecule has 92 valence electrons. The number of nitrogens with two attached hydrogens (primary N) is 1. The first-order valence-corrected chi connectivity index (χ1v) is 5.84. The summed E-state index contributed by atoms with van der Waals surface area (Å²) in [6, 6.07) is 5.58. The highest BCUT2D eigenvalue weighted by Gasteiger charge is 2.21. The van der Waals surface area contributed by atoms with E-state index in [9.17, 15) is 4.79 Å². The van der Waals surface area contributed by atoms with Crippen molar-refractivity contribution >= 4 is 5.91 Å². The number of hydrogen-bond donors (Lipinski definition) is 1. The van der Waals surface area contributed by atoms with E-state index in [1.807, 2.05) is 19.1 Å². The van der Waals surface area contributed by atoms with Crippen LogP contribution in [0.3, 0.4) is 0 Å². The molecule has 1 aliphatic rings. The van der Waals surface area contributed by atoms with Gasteiger partial charge in [0.05, 0.1) is 12.6 Å². The highest BCUT2D eigenvalue weighted by molar-refractivity contribution is 5.81. The van der Waals surface area contributed by atoms with Crippen molar-refractivity contribution in [2.75, 3.05) is 13.2 Å². The standard InChI is InChI=1S/C13H18N2O2/c1-9-3-4-12-11(7-9)8-15(5-6-17-12)13(16)10(2)14/h3-4,7,10H,5-6,8,14H2,1-2H3/t10-/m1/s1. The fraction of sp³-hybridized carbons (Fsp3) is 0.462. The largest absolute Gasteiger partial charge is 0.491 e. The van der Waals surface area contributed by atoms with Gasteiger partial charge in [0.1, 0.15) is 12.4 Å². The van der Waals surface area contributed by atoms with Crippen LogP contribution >= 0.6 is 0 Å². The molecule has 0 unspecified atom stereocenters. The summed E-state index contributed by atoms with van der Waals surface area (Å²) in [6.45, 7) is 5.44. The van der Waals surface area contributed by atoms with Crippen molar-refractivity contribution < 1.29 is 9.53 Å². The number of amides is 1. The molecule has 0 aliphatic carbocycles. The molecule has 0 saturated heterocycles. The zero-order valence-corrected chi connectivity index (χ0v) is 10.3. The minimum atomic E-state index is -0.457. The van der Waals surface area contributed by atoms with Gasteiger partial charge in [-0.3, -0.25) is 4.79 Å². The molecule has 0 fully saturated rings. The number of aryl methyl sites for hydroxylation is 1. The summed E-state index contributed by atoms with van der Waals surface area (Å²) in [5.41, 5.74) is 7.86. The van der Waals surface area contributed by atoms with Gasteiger partial charge in [-0.05, 0) is 19.9 Å². The average molecular weight is 234 g/mol. The summed E-state index contributed by atoms with van der Waals surface area (Å²) in [5.74, 6) is 0.846. The molecule has 0 saturated carbocycles. The normalized spacial score (nSPS) is 16.8. The molecule has 1 aromatic rings. The number of carbonyl (C=O) groups excluding carboxylic acids is 1. The molecule has 1 aliphatic heterocycles. The molecule has 0 radical (unpaired) electrons. The van der Waals surface area contributed by atoms with Gasteiger partial charge in [-0.15, -0.1) is 0 Å². The molecule has 0 aromatic heterocycles. The lowest BCUT2D eigenvalue weighted by Gasteiger charge is -2.21. The van der Waals surface area contributed by atoms with Crippen LogP contribution in [-0.2, 0) is 11.3 Å². The molecular weight excluding hydrogens is 216 g/mol. The zero-order valence-electron chi connectivity index (χ0n) is 10.3. The first-order valence-electron chi connectivity index (χ1n) is 5.84. The van der Waals surface area contributed by atoms with E-state index in [1.54, 1.807) is 11.8 Å². The van der Waals surface area contributed by atoms with Crippen LogP contribution in [0.5, 0.6) is 5.75 Å². The van der Waals surface area contributed by atoms with Crippen molar-refractivity contribution in [2.24, 2.45) is 5.73 Å². The van der Waals surface area contributed by atoms with Crippen LogP contribution < -0.4 is 10.5 Å². The van der Waals surface area contributed by atoms with Crippen molar-refractivity contribution in [2.45, 2.75) is 26.4 Å². The number of hydrogen-bond acceptors (Lipinski definition) is 3. The highest BCUT2D eigenvalue weighted by Crippen LogP contribution is 2.24. The number of nitrogens with zero attached hydrogens (tertiary/aromatic N) is 1. The van der Waals surface area contributed by atoms with Crippen molar-refractivity contribution in [3.8, 4) is 5.75 Å². The van der Waals surface area contributed by atoms with E-state index in [0.717, 1.165) is 11.3 Å². The summed E-state index contributed by atoms with van der Waals surface area (Å²) in [6.07, 6.45) is 0. The van der Waals surface area contributed by atoms with Gasteiger partial charge < -0.3 is 15.4 Å². The van der Waals surface area contributed by atoms with E-state index in [4.69, 9.17) is 10.5 Å². The Morgan fingerprint density at radius 2 is 2.29 bits per heavy atom. The number of fused-ring (bicyclic) bond motifs is 1. The van der Waals surface area contributed by atoms with Gasteiger partial charge in [0, 0.05) is 12.1 Å². The van der Waals surface area contributed by atoms with Crippen LogP contribution in [0.15, 0.2) is 18.2 Å². The molecule has 1 aromatic carbocycles. The average Bonchev–Trinajstić information content (AvgIpc) is 2.49. The van der Waals surface area contributed by atoms with Crippen molar-refractivity contribution in [1.82, 2.24) is 4.90 Å². The zero-order chi connectivity index (χ0) is 12.4. The SMILES string of the molecule is Cc1ccc2c(c1)CN(C(=O)[C@@H](C)N)CCO2. The van der Waals surface area contributed by atoms with E-state index in [-0.39, 0.29) is 5.91 Å². The Morgan fingerprint density at radius 3 is 3.00 bits per heavy atom. The van der Waals surface area contributed by atoms with Crippen LogP contribution in [0, 0.1) is 6.92 Å². The molecule has 17 heavy (non-hydrogen) atoms. The van der Waals surface area contributed by atoms with Crippen molar-refractivity contribution in [3.63, 3.8) is 0 Å². The van der Waals surface area contributed by atoms with Gasteiger partial charge in [-0.25, -0.2) is 0 Å². The Morgan fingerprint density at radius 1 is 1.53 bits per heavy atom. The smallest absolute Gasteiger partial charge is 0.239 e. The second-order valence-electron chi connectivity index (χ2n) is 4.51. The van der Waals surface area contributed by atoms with Gasteiger partial charge in [0.25, 0.3) is 0 Å². The molecule has 4 nitrogen and oxygen atoms in total. The first kappa shape index (κ1) is 11.9. The third-order valence-corrected chi connectivity index (χ3v) is 2.90. The molecule has 1 atom stereocenters. The maximum Gasteiger partial charge on any atom is 0.239 e. The minimum absolute atomic E-state index is 0.0250. The second-order valence-corrected chi connectivity index (χ2v) is 4.51. The molecule has 0 spiro atoms. The van der Waals surface area contributed by atoms with E-state index in [0.29, 0.717) is 19.7 Å². The topological polar surface area (TPSA) is 55.6 Å². The quantitative estimate of drug-likeness (QED) is 0.790. The predicted octanol–water partition coefficient (Wildman–Crippen LogP) is 1.06. The van der Waals surface area contributed by atoms with E-state index in [2.05, 4.69) is 6.07 Å². The van der Waals surface area contributed by atoms with Crippen LogP contribution in [-0.4, -0.2) is 30.0 Å². The molecule has 0 bridgehead atoms. The van der Waals surface area contributed by atoms with Crippen molar-refractivity contribution in [1.29, 1.82) is 0 Å². The van der Waals surface area contributed by atoms with Gasteiger partial charge in [-0.1, -0.05) is 17.7 Å². The summed E-state index contributed by atoms with van der Waals surface area (Å²) in [5, 5.41) is 0. The van der Waals surface area contributed by atoms with Crippen LogP contribution in [0.4, 0.5) is 0 Å². The Bertz CT molecular complexity index is 429. The number of ether oxygens (including phenoxy) is 1. The first-order chi connectivity index (χ1) is 8.08. The predicted molar refractivity (Wildman–Crippen MR) is 65.7 cm³/mol. The summed E-state index contributed by atoms with van der Waals surface area (Å²) in [7, 11) is 0. The maximum absolute atomic E-state index is 11.9. The minimum Gasteiger partial charge on any atom is -0.491 e. The number of benzene rings is 1. The second kappa shape index (κ2) is 4.75. The van der Waals surface area contributed by atoms with Gasteiger partial charge >= 0.3 is 0 Å². The fourth-order valence-corrected chi connectivity index (χ4v) is 2.00. The Kier molecular flexibility index (Phi) is 3.33. The molecule has 4 heteroatoms. The molecular formula is C13H18N2O2. The van der Waals surface area contributed by atoms with Gasteiger partial charge in [0.15, 0.2) is 0 Å². The summed E-state index contributed by atoms with van der Waals surface area (Å²) >= 11 is 0. The fourth-order valence-electron chi connectivity index (χ4n) is 2.00. The lowest BCUT2D eigenvalue weighted by atomic mass is 10.1. The monoisotopic (exact) mass is 234 g/mol. The van der Waals surface area contributed by atoms with Crippen LogP contribution in [0.1, 0.15) is 18.1 Å². The number of rotatable bonds is 1. The third-order valence-electron chi connectivity index (χ3n) is 2.90. The van der Waals surface area contributed by atoms with Gasteiger partial charge in [-0.2, -0.15) is 0 Å². The maximum atomic E-state index is 11.9. The summed E-state index contributed by atoms with van der Waals surface area (Å²) < 4.78 is 5.63. The highest BCUT2D eigenvalue weighted by atomic mass is 16.5. The van der Waals surface area contributed by atoms with Crippen LogP contribution in [0.2, 0.25) is 0 Å². The molecule has 2 N–H and O–H groups in total. The van der Waals surface area contributed by atoms with Crippen molar-refractivity contribution in [3.05, 3.63) is 29.3 Å². The number of carbonyl (C=O) groups is 1. The lowest BCUT2D eigenvalue weighted by molar-refractivity contribution is -0.132. The third kappa shape index (κ3) is 2.58. The van der Waals surface area contributed by atoms with E-state index >= 15 is 0 Å². The van der Waals surface area contributed by atoms with Gasteiger partial charge in [0.2, 0.25) is 5.91 Å². The van der Waals surface area contributed by atoms with E-state index in [1.165, 1.54) is 5.56 Å². The Balaban J connectivity index is 2.24. The molecule has 1 amide bonds. The lowest BCUT2D eigenvalue weighted by Crippen LogP contribution is -2.42. The van der Waals surface area contributed by atoms with Crippen LogP contribution in [0.25, 0.3) is 0 Å². The van der Waals surface area contributed by atoms with E-state index < -0.39 is 6.04 Å². The molecule has 2 rings (SSSR count). The Hall–Kier alpha value is -1.55. The summed E-state index contributed by atoms with van der Waals surface area (Å²) in [4.78, 5) is 13.7. The molecule has 1 heterocycles. The Labute approximate surface area is 101 Å².